The number of rotatable bonds is 2. The summed E-state index contributed by atoms with van der Waals surface area (Å²) in [6, 6.07) is 5.82. The van der Waals surface area contributed by atoms with Crippen LogP contribution in [0.25, 0.3) is 0 Å². The Hall–Kier alpha value is -0.480. The van der Waals surface area contributed by atoms with E-state index >= 15 is 0 Å². The molecule has 3 unspecified atom stereocenters. The van der Waals surface area contributed by atoms with Crippen molar-refractivity contribution in [2.45, 2.75) is 44.0 Å². The summed E-state index contributed by atoms with van der Waals surface area (Å²) >= 11 is 7.72. The average Bonchev–Trinajstić information content (AvgIpc) is 2.38. The molecule has 0 spiro atoms. The van der Waals surface area contributed by atoms with Crippen LogP contribution in [0, 0.1) is 11.8 Å². The number of benzene rings is 1. The van der Waals surface area contributed by atoms with E-state index < -0.39 is 0 Å². The number of amides is 1. The molecule has 19 heavy (non-hydrogen) atoms. The predicted molar refractivity (Wildman–Crippen MR) is 84.8 cm³/mol. The Morgan fingerprint density at radius 3 is 2.84 bits per heavy atom. The van der Waals surface area contributed by atoms with Crippen molar-refractivity contribution in [1.82, 2.24) is 5.32 Å². The number of nitrogens with one attached hydrogen (secondary N) is 1. The van der Waals surface area contributed by atoms with Crippen LogP contribution in [0.15, 0.2) is 27.6 Å². The largest absolute Gasteiger partial charge is 0.349 e. The van der Waals surface area contributed by atoms with Crippen molar-refractivity contribution in [2.75, 3.05) is 0 Å². The van der Waals surface area contributed by atoms with Gasteiger partial charge in [0.25, 0.3) is 5.91 Å². The lowest BCUT2D eigenvalue weighted by Crippen LogP contribution is -2.43. The molecule has 0 aromatic heterocycles. The fraction of sp³-hybridized carbons (Fsp3) is 0.533. The maximum Gasteiger partial charge on any atom is 0.252 e. The molecule has 2 nitrogen and oxygen atoms in total. The van der Waals surface area contributed by atoms with Crippen LogP contribution in [-0.2, 0) is 0 Å². The molecule has 0 radical (unpaired) electrons. The molecule has 1 aliphatic rings. The van der Waals surface area contributed by atoms with Gasteiger partial charge in [-0.25, -0.2) is 0 Å². The molecule has 1 aliphatic carbocycles. The summed E-state index contributed by atoms with van der Waals surface area (Å²) in [5, 5.41) is 3.18. The third-order valence-corrected chi connectivity index (χ3v) is 5.19. The highest BCUT2D eigenvalue weighted by Gasteiger charge is 2.28. The molecule has 1 saturated carbocycles. The van der Waals surface area contributed by atoms with Gasteiger partial charge < -0.3 is 5.32 Å². The van der Waals surface area contributed by atoms with Crippen molar-refractivity contribution in [3.05, 3.63) is 28.2 Å². The summed E-state index contributed by atoms with van der Waals surface area (Å²) in [4.78, 5) is 13.2. The molecular weight excluding hydrogens is 322 g/mol. The average molecular weight is 342 g/mol. The minimum atomic E-state index is -0.00581. The second-order valence-electron chi connectivity index (χ2n) is 5.51. The lowest BCUT2D eigenvalue weighted by atomic mass is 9.78. The smallest absolute Gasteiger partial charge is 0.252 e. The Balaban J connectivity index is 2.10. The third kappa shape index (κ3) is 3.54. The SMILES string of the molecule is CC1CCCC(NC(=O)c2cc(S)ccc2Br)C1C. The molecule has 4 heteroatoms. The fourth-order valence-corrected chi connectivity index (χ4v) is 3.35. The second kappa shape index (κ2) is 6.31. The molecule has 0 bridgehead atoms. The van der Waals surface area contributed by atoms with E-state index in [0.717, 1.165) is 15.8 Å². The maximum atomic E-state index is 12.4. The summed E-state index contributed by atoms with van der Waals surface area (Å²) in [5.74, 6) is 1.21. The van der Waals surface area contributed by atoms with E-state index in [1.54, 1.807) is 6.07 Å². The van der Waals surface area contributed by atoms with Crippen LogP contribution in [0.3, 0.4) is 0 Å². The van der Waals surface area contributed by atoms with Gasteiger partial charge in [-0.1, -0.05) is 26.7 Å². The van der Waals surface area contributed by atoms with Gasteiger partial charge in [0.1, 0.15) is 0 Å². The Bertz CT molecular complexity index is 477. The zero-order valence-electron chi connectivity index (χ0n) is 11.3. The van der Waals surface area contributed by atoms with Crippen molar-refractivity contribution < 1.29 is 4.79 Å². The van der Waals surface area contributed by atoms with E-state index in [1.807, 2.05) is 12.1 Å². The van der Waals surface area contributed by atoms with Crippen molar-refractivity contribution in [3.63, 3.8) is 0 Å². The molecule has 2 rings (SSSR count). The van der Waals surface area contributed by atoms with Gasteiger partial charge in [0.2, 0.25) is 0 Å². The summed E-state index contributed by atoms with van der Waals surface area (Å²) < 4.78 is 0.819. The fourth-order valence-electron chi connectivity index (χ4n) is 2.72. The van der Waals surface area contributed by atoms with E-state index in [1.165, 1.54) is 12.8 Å². The van der Waals surface area contributed by atoms with Crippen LogP contribution in [0.4, 0.5) is 0 Å². The van der Waals surface area contributed by atoms with Gasteiger partial charge in [-0.2, -0.15) is 0 Å². The molecule has 1 aromatic carbocycles. The number of carbonyl (C=O) groups is 1. The van der Waals surface area contributed by atoms with Crippen LogP contribution < -0.4 is 5.32 Å². The maximum absolute atomic E-state index is 12.4. The summed E-state index contributed by atoms with van der Waals surface area (Å²) in [6.07, 6.45) is 3.54. The van der Waals surface area contributed by atoms with Gasteiger partial charge in [0, 0.05) is 15.4 Å². The molecule has 1 N–H and O–H groups in total. The summed E-state index contributed by atoms with van der Waals surface area (Å²) in [7, 11) is 0. The number of thiol groups is 1. The van der Waals surface area contributed by atoms with Gasteiger partial charge in [0.15, 0.2) is 0 Å². The second-order valence-corrected chi connectivity index (χ2v) is 6.88. The summed E-state index contributed by atoms with van der Waals surface area (Å²) in [5.41, 5.74) is 0.665. The van der Waals surface area contributed by atoms with Gasteiger partial charge in [-0.15, -0.1) is 12.6 Å². The highest BCUT2D eigenvalue weighted by atomic mass is 79.9. The van der Waals surface area contributed by atoms with E-state index in [4.69, 9.17) is 0 Å². The Morgan fingerprint density at radius 1 is 1.37 bits per heavy atom. The standard InChI is InChI=1S/C15H20BrNOS/c1-9-4-3-5-14(10(9)2)17-15(18)12-8-11(19)6-7-13(12)16/h6-10,14,19H,3-5H2,1-2H3,(H,17,18). The van der Waals surface area contributed by atoms with Crippen LogP contribution in [0.5, 0.6) is 0 Å². The number of carbonyl (C=O) groups excluding carboxylic acids is 1. The number of hydrogen-bond acceptors (Lipinski definition) is 2. The van der Waals surface area contributed by atoms with Gasteiger partial charge in [-0.05, 0) is 52.4 Å². The van der Waals surface area contributed by atoms with E-state index in [9.17, 15) is 4.79 Å². The topological polar surface area (TPSA) is 29.1 Å². The van der Waals surface area contributed by atoms with E-state index in [0.29, 0.717) is 17.4 Å². The van der Waals surface area contributed by atoms with Crippen molar-refractivity contribution in [3.8, 4) is 0 Å². The number of hydrogen-bond donors (Lipinski definition) is 2. The predicted octanol–water partition coefficient (Wildman–Crippen LogP) is 4.29. The lowest BCUT2D eigenvalue weighted by Gasteiger charge is -2.34. The highest BCUT2D eigenvalue weighted by molar-refractivity contribution is 9.10. The molecule has 1 aromatic rings. The Kier molecular flexibility index (Phi) is 4.96. The third-order valence-electron chi connectivity index (χ3n) is 4.22. The molecule has 1 fully saturated rings. The van der Waals surface area contributed by atoms with Gasteiger partial charge in [0.05, 0.1) is 5.56 Å². The monoisotopic (exact) mass is 341 g/mol. The quantitative estimate of drug-likeness (QED) is 0.772. The minimum Gasteiger partial charge on any atom is -0.349 e. The van der Waals surface area contributed by atoms with Crippen molar-refractivity contribution in [2.24, 2.45) is 11.8 Å². The van der Waals surface area contributed by atoms with Crippen LogP contribution >= 0.6 is 28.6 Å². The molecule has 1 amide bonds. The Morgan fingerprint density at radius 2 is 2.11 bits per heavy atom. The first-order valence-corrected chi connectivity index (χ1v) is 8.02. The number of halogens is 1. The summed E-state index contributed by atoms with van der Waals surface area (Å²) in [6.45, 7) is 4.51. The van der Waals surface area contributed by atoms with Crippen molar-refractivity contribution >= 4 is 34.5 Å². The first-order valence-electron chi connectivity index (χ1n) is 6.78. The van der Waals surface area contributed by atoms with E-state index in [-0.39, 0.29) is 11.9 Å². The zero-order chi connectivity index (χ0) is 14.0. The van der Waals surface area contributed by atoms with E-state index in [2.05, 4.69) is 47.7 Å². The van der Waals surface area contributed by atoms with Crippen LogP contribution in [0.2, 0.25) is 0 Å². The first-order chi connectivity index (χ1) is 8.99. The highest BCUT2D eigenvalue weighted by Crippen LogP contribution is 2.30. The molecule has 0 aliphatic heterocycles. The molecule has 0 heterocycles. The molecular formula is C15H20BrNOS. The van der Waals surface area contributed by atoms with Gasteiger partial charge >= 0.3 is 0 Å². The lowest BCUT2D eigenvalue weighted by molar-refractivity contribution is 0.0890. The van der Waals surface area contributed by atoms with Gasteiger partial charge in [-0.3, -0.25) is 4.79 Å². The zero-order valence-corrected chi connectivity index (χ0v) is 13.8. The Labute approximate surface area is 128 Å². The normalized spacial score (nSPS) is 27.1. The molecule has 0 saturated heterocycles. The minimum absolute atomic E-state index is 0.00581. The van der Waals surface area contributed by atoms with Crippen LogP contribution in [0.1, 0.15) is 43.5 Å². The van der Waals surface area contributed by atoms with Crippen LogP contribution in [-0.4, -0.2) is 11.9 Å². The molecule has 3 atom stereocenters. The molecule has 104 valence electrons. The first kappa shape index (κ1) is 14.9. The van der Waals surface area contributed by atoms with Crippen molar-refractivity contribution in [1.29, 1.82) is 0 Å².